The van der Waals surface area contributed by atoms with Gasteiger partial charge in [-0.05, 0) is 6.92 Å². The third-order valence-electron chi connectivity index (χ3n) is 3.25. The lowest BCUT2D eigenvalue weighted by atomic mass is 9.98. The van der Waals surface area contributed by atoms with Gasteiger partial charge in [0.25, 0.3) is 0 Å². The van der Waals surface area contributed by atoms with E-state index in [1.165, 1.54) is 27.9 Å². The molecule has 0 aromatic carbocycles. The third kappa shape index (κ3) is 5.73. The molecule has 24 heavy (non-hydrogen) atoms. The molecule has 1 fully saturated rings. The van der Waals surface area contributed by atoms with Gasteiger partial charge in [0.05, 0.1) is 0 Å². The third-order valence-corrected chi connectivity index (χ3v) is 3.25. The van der Waals surface area contributed by atoms with Crippen LogP contribution in [0.5, 0.6) is 0 Å². The summed E-state index contributed by atoms with van der Waals surface area (Å²) in [6.07, 6.45) is -4.54. The molecule has 1 heterocycles. The van der Waals surface area contributed by atoms with E-state index in [2.05, 4.69) is 0 Å². The fourth-order valence-corrected chi connectivity index (χ4v) is 2.44. The maximum Gasteiger partial charge on any atom is 0.303 e. The van der Waals surface area contributed by atoms with E-state index < -0.39 is 48.6 Å². The van der Waals surface area contributed by atoms with Gasteiger partial charge >= 0.3 is 17.9 Å². The first kappa shape index (κ1) is 20.3. The minimum Gasteiger partial charge on any atom is -0.463 e. The van der Waals surface area contributed by atoms with Crippen LogP contribution in [-0.4, -0.2) is 68.9 Å². The van der Waals surface area contributed by atoms with Crippen molar-refractivity contribution in [2.45, 2.75) is 58.4 Å². The van der Waals surface area contributed by atoms with Crippen molar-refractivity contribution in [2.75, 3.05) is 20.3 Å². The molecule has 0 bridgehead atoms. The standard InChI is InChI=1S/C15H24O9/c1-6-20-15-14(23-10(4)18)13(22-9(3)17)12(19-5)11(24-15)7-21-8(2)16/h11-15H,6-7H2,1-5H3. The van der Waals surface area contributed by atoms with Gasteiger partial charge in [-0.2, -0.15) is 0 Å². The van der Waals surface area contributed by atoms with Crippen LogP contribution in [0.25, 0.3) is 0 Å². The summed E-state index contributed by atoms with van der Waals surface area (Å²) in [5.74, 6) is -1.66. The average Bonchev–Trinajstić information content (AvgIpc) is 2.47. The van der Waals surface area contributed by atoms with E-state index in [0.29, 0.717) is 0 Å². The second-order valence-electron chi connectivity index (χ2n) is 5.15. The second-order valence-corrected chi connectivity index (χ2v) is 5.15. The molecule has 0 aromatic rings. The van der Waals surface area contributed by atoms with Crippen molar-refractivity contribution in [3.8, 4) is 0 Å². The van der Waals surface area contributed by atoms with E-state index in [9.17, 15) is 14.4 Å². The van der Waals surface area contributed by atoms with E-state index in [4.69, 9.17) is 28.4 Å². The fourth-order valence-electron chi connectivity index (χ4n) is 2.44. The first-order valence-corrected chi connectivity index (χ1v) is 7.57. The van der Waals surface area contributed by atoms with Gasteiger partial charge in [-0.1, -0.05) is 0 Å². The monoisotopic (exact) mass is 348 g/mol. The highest BCUT2D eigenvalue weighted by Gasteiger charge is 2.51. The first-order chi connectivity index (χ1) is 11.3. The quantitative estimate of drug-likeness (QED) is 0.470. The molecule has 1 saturated heterocycles. The Kier molecular flexibility index (Phi) is 8.09. The Morgan fingerprint density at radius 1 is 0.917 bits per heavy atom. The van der Waals surface area contributed by atoms with Crippen molar-refractivity contribution in [1.82, 2.24) is 0 Å². The van der Waals surface area contributed by atoms with Gasteiger partial charge in [0.15, 0.2) is 18.5 Å². The Hall–Kier alpha value is -1.71. The summed E-state index contributed by atoms with van der Waals surface area (Å²) in [5.41, 5.74) is 0. The largest absolute Gasteiger partial charge is 0.463 e. The van der Waals surface area contributed by atoms with Gasteiger partial charge in [0.2, 0.25) is 0 Å². The predicted molar refractivity (Wildman–Crippen MR) is 78.8 cm³/mol. The smallest absolute Gasteiger partial charge is 0.303 e. The van der Waals surface area contributed by atoms with Crippen molar-refractivity contribution in [3.05, 3.63) is 0 Å². The van der Waals surface area contributed by atoms with Crippen molar-refractivity contribution in [1.29, 1.82) is 0 Å². The summed E-state index contributed by atoms with van der Waals surface area (Å²) in [6.45, 7) is 5.59. The summed E-state index contributed by atoms with van der Waals surface area (Å²) in [4.78, 5) is 33.9. The van der Waals surface area contributed by atoms with Crippen molar-refractivity contribution in [3.63, 3.8) is 0 Å². The summed E-state index contributed by atoms with van der Waals surface area (Å²) >= 11 is 0. The molecule has 9 heteroatoms. The normalized spacial score (nSPS) is 29.6. The Balaban J connectivity index is 3.08. The first-order valence-electron chi connectivity index (χ1n) is 7.57. The van der Waals surface area contributed by atoms with Crippen molar-refractivity contribution < 1.29 is 42.8 Å². The van der Waals surface area contributed by atoms with E-state index in [1.54, 1.807) is 6.92 Å². The minimum absolute atomic E-state index is 0.123. The number of carbonyl (C=O) groups excluding carboxylic acids is 3. The van der Waals surface area contributed by atoms with Gasteiger partial charge in [-0.3, -0.25) is 14.4 Å². The molecule has 0 aliphatic carbocycles. The number of rotatable bonds is 7. The Morgan fingerprint density at radius 2 is 1.50 bits per heavy atom. The van der Waals surface area contributed by atoms with E-state index >= 15 is 0 Å². The van der Waals surface area contributed by atoms with E-state index in [1.807, 2.05) is 0 Å². The molecule has 5 unspecified atom stereocenters. The molecule has 0 N–H and O–H groups in total. The molecule has 0 radical (unpaired) electrons. The number of carbonyl (C=O) groups is 3. The van der Waals surface area contributed by atoms with Crippen LogP contribution < -0.4 is 0 Å². The van der Waals surface area contributed by atoms with Gasteiger partial charge in [0.1, 0.15) is 18.8 Å². The molecule has 0 amide bonds. The van der Waals surface area contributed by atoms with Crippen molar-refractivity contribution >= 4 is 17.9 Å². The Labute approximate surface area is 140 Å². The molecule has 0 spiro atoms. The molecule has 1 aliphatic heterocycles. The maximum atomic E-state index is 11.5. The van der Waals surface area contributed by atoms with Gasteiger partial charge in [0, 0.05) is 34.5 Å². The average molecular weight is 348 g/mol. The molecule has 0 aromatic heterocycles. The number of esters is 3. The number of hydrogen-bond acceptors (Lipinski definition) is 9. The van der Waals surface area contributed by atoms with Gasteiger partial charge in [-0.25, -0.2) is 0 Å². The molecule has 138 valence electrons. The van der Waals surface area contributed by atoms with Crippen LogP contribution >= 0.6 is 0 Å². The van der Waals surface area contributed by atoms with Gasteiger partial charge in [-0.15, -0.1) is 0 Å². The molecular weight excluding hydrogens is 324 g/mol. The number of ether oxygens (including phenoxy) is 6. The zero-order valence-electron chi connectivity index (χ0n) is 14.5. The maximum absolute atomic E-state index is 11.5. The van der Waals surface area contributed by atoms with E-state index in [-0.39, 0.29) is 13.2 Å². The SMILES string of the molecule is CCOC1OC(COC(C)=O)C(OC)C(OC(C)=O)C1OC(C)=O. The van der Waals surface area contributed by atoms with Crippen LogP contribution in [0.3, 0.4) is 0 Å². The number of methoxy groups -OCH3 is 1. The lowest BCUT2D eigenvalue weighted by Gasteiger charge is -2.44. The Morgan fingerprint density at radius 3 is 1.96 bits per heavy atom. The highest BCUT2D eigenvalue weighted by Crippen LogP contribution is 2.29. The van der Waals surface area contributed by atoms with E-state index in [0.717, 1.165) is 0 Å². The van der Waals surface area contributed by atoms with Crippen LogP contribution in [0.15, 0.2) is 0 Å². The summed E-state index contributed by atoms with van der Waals surface area (Å²) < 4.78 is 32.0. The van der Waals surface area contributed by atoms with Crippen LogP contribution in [0, 0.1) is 0 Å². The molecule has 0 saturated carbocycles. The van der Waals surface area contributed by atoms with Crippen LogP contribution in [0.1, 0.15) is 27.7 Å². The topological polar surface area (TPSA) is 107 Å². The molecular formula is C15H24O9. The molecule has 5 atom stereocenters. The predicted octanol–water partition coefficient (Wildman–Crippen LogP) is 0.189. The summed E-state index contributed by atoms with van der Waals surface area (Å²) in [6, 6.07) is 0. The summed E-state index contributed by atoms with van der Waals surface area (Å²) in [5, 5.41) is 0. The Bertz CT molecular complexity index is 450. The minimum atomic E-state index is -1.01. The van der Waals surface area contributed by atoms with Gasteiger partial charge < -0.3 is 28.4 Å². The highest BCUT2D eigenvalue weighted by molar-refractivity contribution is 5.67. The highest BCUT2D eigenvalue weighted by atomic mass is 16.7. The molecule has 1 rings (SSSR count). The van der Waals surface area contributed by atoms with Crippen LogP contribution in [0.2, 0.25) is 0 Å². The second kappa shape index (κ2) is 9.55. The van der Waals surface area contributed by atoms with Crippen molar-refractivity contribution in [2.24, 2.45) is 0 Å². The molecule has 9 nitrogen and oxygen atoms in total. The molecule has 1 aliphatic rings. The summed E-state index contributed by atoms with van der Waals surface area (Å²) in [7, 11) is 1.39. The fraction of sp³-hybridized carbons (Fsp3) is 0.800. The zero-order chi connectivity index (χ0) is 18.3. The zero-order valence-corrected chi connectivity index (χ0v) is 14.5. The number of hydrogen-bond donors (Lipinski definition) is 0. The van der Waals surface area contributed by atoms with Crippen LogP contribution in [0.4, 0.5) is 0 Å². The lowest BCUT2D eigenvalue weighted by molar-refractivity contribution is -0.308. The van der Waals surface area contributed by atoms with Crippen LogP contribution in [-0.2, 0) is 42.8 Å². The lowest BCUT2D eigenvalue weighted by Crippen LogP contribution is -2.62.